The van der Waals surface area contributed by atoms with Crippen molar-refractivity contribution in [3.8, 4) is 0 Å². The minimum Gasteiger partial charge on any atom is -0.349 e. The first-order valence-electron chi connectivity index (χ1n) is 13.4. The molecule has 0 saturated carbocycles. The molecular formula is C31H36N4O8. The van der Waals surface area contributed by atoms with Crippen LogP contribution in [0.25, 0.3) is 0 Å². The third kappa shape index (κ3) is 11.4. The van der Waals surface area contributed by atoms with Gasteiger partial charge in [-0.25, -0.2) is 9.59 Å². The van der Waals surface area contributed by atoms with Crippen LogP contribution in [0, 0.1) is 0 Å². The van der Waals surface area contributed by atoms with E-state index in [4.69, 9.17) is 0 Å². The maximum Gasteiger partial charge on any atom is 0.331 e. The summed E-state index contributed by atoms with van der Waals surface area (Å²) < 4.78 is 0. The van der Waals surface area contributed by atoms with Gasteiger partial charge in [0.2, 0.25) is 23.4 Å². The standard InChI is InChI=1S/C31H36N4O8/c1-20(36)42-32-26(15-17-28(38)34(3)4)30(40)24-11-7-22(8-12-24)19-23-9-13-25(14-10-23)31(41)27(33-43-21(2)37)16-18-29(39)35(5)6/h7-14H,15-19H2,1-6H3/b32-26-,33-27+. The number of carbonyl (C=O) groups excluding carboxylic acids is 6. The zero-order valence-corrected chi connectivity index (χ0v) is 25.2. The fraction of sp³-hybridized carbons (Fsp3) is 0.355. The lowest BCUT2D eigenvalue weighted by Crippen LogP contribution is -2.24. The largest absolute Gasteiger partial charge is 0.349 e. The Morgan fingerprint density at radius 1 is 0.558 bits per heavy atom. The van der Waals surface area contributed by atoms with Crippen molar-refractivity contribution in [1.29, 1.82) is 0 Å². The Bertz CT molecular complexity index is 1300. The third-order valence-electron chi connectivity index (χ3n) is 6.08. The monoisotopic (exact) mass is 592 g/mol. The molecule has 0 bridgehead atoms. The number of Topliss-reactive ketones (excluding diaryl/α,β-unsaturated/α-hetero) is 2. The number of hydrogen-bond donors (Lipinski definition) is 0. The Morgan fingerprint density at radius 3 is 1.16 bits per heavy atom. The van der Waals surface area contributed by atoms with Gasteiger partial charge < -0.3 is 19.5 Å². The predicted octanol–water partition coefficient (Wildman–Crippen LogP) is 3.22. The highest BCUT2D eigenvalue weighted by atomic mass is 16.7. The van der Waals surface area contributed by atoms with Gasteiger partial charge in [-0.1, -0.05) is 58.8 Å². The second kappa shape index (κ2) is 16.4. The number of oxime groups is 2. The molecule has 228 valence electrons. The van der Waals surface area contributed by atoms with Gasteiger partial charge in [0.05, 0.1) is 0 Å². The van der Waals surface area contributed by atoms with Crippen molar-refractivity contribution < 1.29 is 38.4 Å². The molecule has 43 heavy (non-hydrogen) atoms. The topological polar surface area (TPSA) is 152 Å². The molecule has 12 heteroatoms. The van der Waals surface area contributed by atoms with Gasteiger partial charge in [-0.15, -0.1) is 0 Å². The average Bonchev–Trinajstić information content (AvgIpc) is 2.96. The molecule has 0 spiro atoms. The van der Waals surface area contributed by atoms with Crippen molar-refractivity contribution >= 4 is 46.7 Å². The Hall–Kier alpha value is -5.00. The summed E-state index contributed by atoms with van der Waals surface area (Å²) in [5, 5.41) is 7.34. The Labute approximate surface area is 250 Å². The van der Waals surface area contributed by atoms with Crippen LogP contribution >= 0.6 is 0 Å². The van der Waals surface area contributed by atoms with Crippen molar-refractivity contribution in [2.45, 2.75) is 46.0 Å². The molecule has 0 atom stereocenters. The van der Waals surface area contributed by atoms with Gasteiger partial charge in [-0.2, -0.15) is 0 Å². The van der Waals surface area contributed by atoms with Crippen molar-refractivity contribution in [3.05, 3.63) is 70.8 Å². The van der Waals surface area contributed by atoms with Crippen LogP contribution in [0.2, 0.25) is 0 Å². The van der Waals surface area contributed by atoms with Crippen molar-refractivity contribution in [3.63, 3.8) is 0 Å². The number of ketones is 2. The summed E-state index contributed by atoms with van der Waals surface area (Å²) in [5.41, 5.74) is 2.33. The van der Waals surface area contributed by atoms with E-state index in [1.807, 2.05) is 0 Å². The normalized spacial score (nSPS) is 11.4. The summed E-state index contributed by atoms with van der Waals surface area (Å²) in [6.07, 6.45) is 0.576. The summed E-state index contributed by atoms with van der Waals surface area (Å²) in [5.74, 6) is -2.67. The Kier molecular flexibility index (Phi) is 13.1. The van der Waals surface area contributed by atoms with E-state index in [0.717, 1.165) is 25.0 Å². The van der Waals surface area contributed by atoms with Gasteiger partial charge in [0, 0.05) is 78.8 Å². The van der Waals surface area contributed by atoms with Gasteiger partial charge in [0.1, 0.15) is 11.4 Å². The first kappa shape index (κ1) is 34.2. The van der Waals surface area contributed by atoms with Crippen LogP contribution in [0.15, 0.2) is 58.8 Å². The molecule has 12 nitrogen and oxygen atoms in total. The second-order valence-corrected chi connectivity index (χ2v) is 10.0. The fourth-order valence-electron chi connectivity index (χ4n) is 3.65. The second-order valence-electron chi connectivity index (χ2n) is 10.0. The lowest BCUT2D eigenvalue weighted by atomic mass is 9.97. The van der Waals surface area contributed by atoms with E-state index >= 15 is 0 Å². The lowest BCUT2D eigenvalue weighted by molar-refractivity contribution is -0.141. The number of amides is 2. The average molecular weight is 593 g/mol. The summed E-state index contributed by atoms with van der Waals surface area (Å²) in [4.78, 5) is 84.6. The van der Waals surface area contributed by atoms with Gasteiger partial charge in [0.15, 0.2) is 0 Å². The smallest absolute Gasteiger partial charge is 0.331 e. The molecule has 0 aliphatic heterocycles. The number of rotatable bonds is 14. The maximum atomic E-state index is 13.0. The zero-order chi connectivity index (χ0) is 32.1. The van der Waals surface area contributed by atoms with Crippen LogP contribution in [-0.2, 0) is 35.3 Å². The molecule has 0 heterocycles. The minimum atomic E-state index is -0.681. The van der Waals surface area contributed by atoms with E-state index in [-0.39, 0.29) is 48.9 Å². The fourth-order valence-corrected chi connectivity index (χ4v) is 3.65. The highest BCUT2D eigenvalue weighted by Gasteiger charge is 2.19. The molecule has 2 rings (SSSR count). The van der Waals surface area contributed by atoms with E-state index in [0.29, 0.717) is 17.5 Å². The number of hydrogen-bond acceptors (Lipinski definition) is 10. The first-order chi connectivity index (χ1) is 20.3. The van der Waals surface area contributed by atoms with E-state index in [9.17, 15) is 28.8 Å². The molecule has 2 aromatic carbocycles. The van der Waals surface area contributed by atoms with Crippen molar-refractivity contribution in [2.24, 2.45) is 10.3 Å². The molecule has 2 amide bonds. The summed E-state index contributed by atoms with van der Waals surface area (Å²) in [6, 6.07) is 13.6. The van der Waals surface area contributed by atoms with Gasteiger partial charge in [-0.3, -0.25) is 19.2 Å². The van der Waals surface area contributed by atoms with Crippen LogP contribution in [0.3, 0.4) is 0 Å². The van der Waals surface area contributed by atoms with Crippen LogP contribution in [0.5, 0.6) is 0 Å². The molecule has 0 fully saturated rings. The maximum absolute atomic E-state index is 13.0. The van der Waals surface area contributed by atoms with Crippen LogP contribution in [-0.4, -0.2) is 84.7 Å². The number of carbonyl (C=O) groups is 6. The van der Waals surface area contributed by atoms with Gasteiger partial charge in [-0.05, 0) is 17.5 Å². The van der Waals surface area contributed by atoms with Crippen molar-refractivity contribution in [1.82, 2.24) is 9.80 Å². The van der Waals surface area contributed by atoms with Gasteiger partial charge in [0.25, 0.3) is 0 Å². The van der Waals surface area contributed by atoms with Crippen LogP contribution in [0.1, 0.15) is 71.4 Å². The third-order valence-corrected chi connectivity index (χ3v) is 6.08. The Morgan fingerprint density at radius 2 is 0.884 bits per heavy atom. The van der Waals surface area contributed by atoms with E-state index in [2.05, 4.69) is 20.0 Å². The van der Waals surface area contributed by atoms with Crippen molar-refractivity contribution in [2.75, 3.05) is 28.2 Å². The molecule has 0 saturated heterocycles. The van der Waals surface area contributed by atoms with E-state index < -0.39 is 23.5 Å². The molecule has 0 aliphatic rings. The quantitative estimate of drug-likeness (QED) is 0.140. The van der Waals surface area contributed by atoms with Crippen LogP contribution < -0.4 is 0 Å². The zero-order valence-electron chi connectivity index (χ0n) is 25.2. The molecule has 0 N–H and O–H groups in total. The SMILES string of the molecule is CC(=O)O/N=C(/CCC(=O)N(C)C)C(=O)c1ccc(Cc2ccc(C(=O)/C(CCC(=O)N(C)C)=N/OC(C)=O)cc2)cc1. The molecule has 0 unspecified atom stereocenters. The molecular weight excluding hydrogens is 556 g/mol. The van der Waals surface area contributed by atoms with E-state index in [1.54, 1.807) is 76.7 Å². The highest BCUT2D eigenvalue weighted by Crippen LogP contribution is 2.15. The lowest BCUT2D eigenvalue weighted by Gasteiger charge is -2.11. The molecule has 0 aliphatic carbocycles. The minimum absolute atomic E-state index is 0.00913. The summed E-state index contributed by atoms with van der Waals surface area (Å²) in [7, 11) is 6.41. The van der Waals surface area contributed by atoms with Gasteiger partial charge >= 0.3 is 11.9 Å². The Balaban J connectivity index is 2.13. The molecule has 2 aromatic rings. The molecule has 0 aromatic heterocycles. The van der Waals surface area contributed by atoms with Crippen LogP contribution in [0.4, 0.5) is 0 Å². The summed E-state index contributed by atoms with van der Waals surface area (Å²) >= 11 is 0. The van der Waals surface area contributed by atoms with E-state index in [1.165, 1.54) is 9.80 Å². The predicted molar refractivity (Wildman–Crippen MR) is 159 cm³/mol. The highest BCUT2D eigenvalue weighted by molar-refractivity contribution is 6.46. The molecule has 0 radical (unpaired) electrons. The number of nitrogens with zero attached hydrogens (tertiary/aromatic N) is 4. The number of benzene rings is 2. The summed E-state index contributed by atoms with van der Waals surface area (Å²) in [6.45, 7) is 2.33. The first-order valence-corrected chi connectivity index (χ1v) is 13.4.